The molecule has 0 saturated heterocycles. The number of aryl methyl sites for hydroxylation is 1. The van der Waals surface area contributed by atoms with E-state index in [1.165, 1.54) is 0 Å². The Morgan fingerprint density at radius 3 is 2.88 bits per heavy atom. The Labute approximate surface area is 103 Å². The molecule has 0 saturated carbocycles. The Bertz CT molecular complexity index is 321. The number of hydrogen-bond acceptors (Lipinski definition) is 3. The van der Waals surface area contributed by atoms with Crippen LogP contribution >= 0.6 is 0 Å². The fourth-order valence-electron chi connectivity index (χ4n) is 1.63. The minimum atomic E-state index is 0.0881. The first kappa shape index (κ1) is 13.7. The van der Waals surface area contributed by atoms with Crippen molar-refractivity contribution in [1.82, 2.24) is 19.8 Å². The largest absolute Gasteiger partial charge is 0.353 e. The minimum absolute atomic E-state index is 0.0881. The number of rotatable bonds is 7. The van der Waals surface area contributed by atoms with Crippen LogP contribution in [0.25, 0.3) is 0 Å². The number of imidazole rings is 1. The van der Waals surface area contributed by atoms with E-state index >= 15 is 0 Å². The number of likely N-dealkylation sites (N-methyl/N-ethyl adjacent to an activating group) is 1. The highest BCUT2D eigenvalue weighted by atomic mass is 16.2. The molecule has 5 heteroatoms. The van der Waals surface area contributed by atoms with Gasteiger partial charge in [-0.3, -0.25) is 9.69 Å². The van der Waals surface area contributed by atoms with E-state index in [1.54, 1.807) is 6.20 Å². The number of amides is 1. The molecule has 0 unspecified atom stereocenters. The molecule has 0 radical (unpaired) electrons. The SMILES string of the molecule is CC(C)NC(=O)CN(C)CCCn1ccnc1. The van der Waals surface area contributed by atoms with E-state index in [2.05, 4.69) is 10.3 Å². The molecule has 0 aliphatic heterocycles. The molecular weight excluding hydrogens is 216 g/mol. The molecule has 1 amide bonds. The first-order valence-electron chi connectivity index (χ1n) is 6.01. The molecule has 0 atom stereocenters. The Morgan fingerprint density at radius 2 is 2.29 bits per heavy atom. The summed E-state index contributed by atoms with van der Waals surface area (Å²) in [6, 6.07) is 0.210. The normalized spacial score (nSPS) is 11.1. The van der Waals surface area contributed by atoms with Crippen LogP contribution in [0.4, 0.5) is 0 Å². The molecule has 0 bridgehead atoms. The summed E-state index contributed by atoms with van der Waals surface area (Å²) in [5.74, 6) is 0.0881. The number of nitrogens with zero attached hydrogens (tertiary/aromatic N) is 3. The van der Waals surface area contributed by atoms with Gasteiger partial charge in [0.1, 0.15) is 0 Å². The van der Waals surface area contributed by atoms with Gasteiger partial charge in [0, 0.05) is 31.5 Å². The highest BCUT2D eigenvalue weighted by Gasteiger charge is 2.06. The third-order valence-corrected chi connectivity index (χ3v) is 2.38. The second-order valence-electron chi connectivity index (χ2n) is 4.61. The van der Waals surface area contributed by atoms with Gasteiger partial charge in [-0.15, -0.1) is 0 Å². The molecule has 1 N–H and O–H groups in total. The van der Waals surface area contributed by atoms with Gasteiger partial charge in [-0.2, -0.15) is 0 Å². The average Bonchev–Trinajstić information content (AvgIpc) is 2.68. The molecule has 1 rings (SSSR count). The van der Waals surface area contributed by atoms with Crippen LogP contribution in [0.5, 0.6) is 0 Å². The topological polar surface area (TPSA) is 50.2 Å². The molecule has 1 aromatic rings. The molecule has 1 aromatic heterocycles. The molecule has 0 fully saturated rings. The second kappa shape index (κ2) is 7.06. The summed E-state index contributed by atoms with van der Waals surface area (Å²) in [6.07, 6.45) is 6.55. The van der Waals surface area contributed by atoms with Crippen LogP contribution in [0.3, 0.4) is 0 Å². The van der Waals surface area contributed by atoms with Crippen LogP contribution in [0.15, 0.2) is 18.7 Å². The maximum absolute atomic E-state index is 11.5. The zero-order chi connectivity index (χ0) is 12.7. The van der Waals surface area contributed by atoms with Gasteiger partial charge < -0.3 is 9.88 Å². The van der Waals surface area contributed by atoms with Crippen molar-refractivity contribution >= 4 is 5.91 Å². The summed E-state index contributed by atoms with van der Waals surface area (Å²) in [4.78, 5) is 17.5. The molecule has 5 nitrogen and oxygen atoms in total. The Morgan fingerprint density at radius 1 is 1.53 bits per heavy atom. The molecule has 17 heavy (non-hydrogen) atoms. The summed E-state index contributed by atoms with van der Waals surface area (Å²) in [6.45, 7) is 6.25. The third kappa shape index (κ3) is 6.06. The maximum Gasteiger partial charge on any atom is 0.234 e. The van der Waals surface area contributed by atoms with Gasteiger partial charge in [0.05, 0.1) is 12.9 Å². The van der Waals surface area contributed by atoms with E-state index in [0.717, 1.165) is 19.5 Å². The van der Waals surface area contributed by atoms with E-state index < -0.39 is 0 Å². The Kier molecular flexibility index (Phi) is 5.69. The van der Waals surface area contributed by atoms with Gasteiger partial charge in [0.25, 0.3) is 0 Å². The summed E-state index contributed by atoms with van der Waals surface area (Å²) in [7, 11) is 1.97. The monoisotopic (exact) mass is 238 g/mol. The minimum Gasteiger partial charge on any atom is -0.353 e. The fraction of sp³-hybridized carbons (Fsp3) is 0.667. The number of carbonyl (C=O) groups is 1. The number of hydrogen-bond donors (Lipinski definition) is 1. The first-order chi connectivity index (χ1) is 8.08. The van der Waals surface area contributed by atoms with Crippen LogP contribution in [-0.4, -0.2) is 46.5 Å². The second-order valence-corrected chi connectivity index (χ2v) is 4.61. The van der Waals surface area contributed by atoms with Crippen molar-refractivity contribution in [3.8, 4) is 0 Å². The standard InChI is InChI=1S/C12H22N4O/c1-11(2)14-12(17)9-15(3)6-4-7-16-8-5-13-10-16/h5,8,10-11H,4,6-7,9H2,1-3H3,(H,14,17). The highest BCUT2D eigenvalue weighted by molar-refractivity contribution is 5.78. The summed E-state index contributed by atoms with van der Waals surface area (Å²) in [5.41, 5.74) is 0. The van der Waals surface area contributed by atoms with Gasteiger partial charge in [-0.25, -0.2) is 4.98 Å². The number of nitrogens with one attached hydrogen (secondary N) is 1. The lowest BCUT2D eigenvalue weighted by molar-refractivity contribution is -0.122. The Balaban J connectivity index is 2.12. The third-order valence-electron chi connectivity index (χ3n) is 2.38. The highest BCUT2D eigenvalue weighted by Crippen LogP contribution is 1.93. The predicted octanol–water partition coefficient (Wildman–Crippen LogP) is 0.730. The lowest BCUT2D eigenvalue weighted by Gasteiger charge is -2.17. The van der Waals surface area contributed by atoms with E-state index in [-0.39, 0.29) is 11.9 Å². The van der Waals surface area contributed by atoms with E-state index in [9.17, 15) is 4.79 Å². The van der Waals surface area contributed by atoms with Crippen LogP contribution in [0, 0.1) is 0 Å². The molecule has 1 heterocycles. The van der Waals surface area contributed by atoms with Crippen molar-refractivity contribution in [2.24, 2.45) is 0 Å². The van der Waals surface area contributed by atoms with Crippen LogP contribution in [-0.2, 0) is 11.3 Å². The van der Waals surface area contributed by atoms with Crippen molar-refractivity contribution < 1.29 is 4.79 Å². The van der Waals surface area contributed by atoms with Crippen molar-refractivity contribution in [3.63, 3.8) is 0 Å². The smallest absolute Gasteiger partial charge is 0.234 e. The van der Waals surface area contributed by atoms with E-state index in [0.29, 0.717) is 6.54 Å². The molecule has 0 aliphatic rings. The van der Waals surface area contributed by atoms with Crippen molar-refractivity contribution in [3.05, 3.63) is 18.7 Å². The molecule has 0 spiro atoms. The van der Waals surface area contributed by atoms with Gasteiger partial charge in [0.15, 0.2) is 0 Å². The lowest BCUT2D eigenvalue weighted by Crippen LogP contribution is -2.38. The Hall–Kier alpha value is -1.36. The van der Waals surface area contributed by atoms with E-state index in [1.807, 2.05) is 42.9 Å². The quantitative estimate of drug-likeness (QED) is 0.762. The first-order valence-corrected chi connectivity index (χ1v) is 6.01. The van der Waals surface area contributed by atoms with E-state index in [4.69, 9.17) is 0 Å². The maximum atomic E-state index is 11.5. The number of aromatic nitrogens is 2. The zero-order valence-corrected chi connectivity index (χ0v) is 10.9. The predicted molar refractivity (Wildman–Crippen MR) is 67.6 cm³/mol. The van der Waals surface area contributed by atoms with Crippen LogP contribution in [0.1, 0.15) is 20.3 Å². The van der Waals surface area contributed by atoms with Crippen LogP contribution in [0.2, 0.25) is 0 Å². The van der Waals surface area contributed by atoms with Crippen molar-refractivity contribution in [2.45, 2.75) is 32.9 Å². The van der Waals surface area contributed by atoms with Gasteiger partial charge in [-0.1, -0.05) is 0 Å². The number of carbonyl (C=O) groups excluding carboxylic acids is 1. The van der Waals surface area contributed by atoms with Crippen molar-refractivity contribution in [2.75, 3.05) is 20.1 Å². The summed E-state index contributed by atoms with van der Waals surface area (Å²) >= 11 is 0. The average molecular weight is 238 g/mol. The van der Waals surface area contributed by atoms with Gasteiger partial charge >= 0.3 is 0 Å². The molecule has 96 valence electrons. The zero-order valence-electron chi connectivity index (χ0n) is 10.9. The molecule has 0 aliphatic carbocycles. The lowest BCUT2D eigenvalue weighted by atomic mass is 10.3. The summed E-state index contributed by atoms with van der Waals surface area (Å²) < 4.78 is 2.04. The molecule has 0 aromatic carbocycles. The molecular formula is C12H22N4O. The van der Waals surface area contributed by atoms with Crippen LogP contribution < -0.4 is 5.32 Å². The fourth-order valence-corrected chi connectivity index (χ4v) is 1.63. The van der Waals surface area contributed by atoms with Crippen molar-refractivity contribution in [1.29, 1.82) is 0 Å². The van der Waals surface area contributed by atoms with Gasteiger partial charge in [-0.05, 0) is 27.3 Å². The van der Waals surface area contributed by atoms with Gasteiger partial charge in [0.2, 0.25) is 5.91 Å². The summed E-state index contributed by atoms with van der Waals surface area (Å²) in [5, 5.41) is 2.88.